The number of amides is 2. The van der Waals surface area contributed by atoms with Crippen LogP contribution in [0.1, 0.15) is 38.5 Å². The zero-order valence-corrected chi connectivity index (χ0v) is 24.1. The first-order valence-corrected chi connectivity index (χ1v) is 14.4. The zero-order valence-electron chi connectivity index (χ0n) is 24.1. The number of esters is 1. The van der Waals surface area contributed by atoms with Gasteiger partial charge in [-0.3, -0.25) is 9.78 Å². The number of carbonyl (C=O) groups excluding carboxylic acids is 2. The lowest BCUT2D eigenvalue weighted by atomic mass is 10.1. The fraction of sp³-hybridized carbons (Fsp3) is 0.303. The van der Waals surface area contributed by atoms with E-state index < -0.39 is 6.04 Å². The Labute approximate surface area is 250 Å². The molecule has 10 nitrogen and oxygen atoms in total. The minimum atomic E-state index is -0.666. The molecule has 1 atom stereocenters. The number of rotatable bonds is 12. The Bertz CT molecular complexity index is 1520. The average molecular weight is 585 g/mol. The summed E-state index contributed by atoms with van der Waals surface area (Å²) in [5.74, 6) is 1.89. The second kappa shape index (κ2) is 14.4. The van der Waals surface area contributed by atoms with Gasteiger partial charge in [-0.2, -0.15) is 0 Å². The van der Waals surface area contributed by atoms with Crippen molar-refractivity contribution in [3.63, 3.8) is 0 Å². The highest BCUT2D eigenvalue weighted by Crippen LogP contribution is 2.37. The number of nitrogens with zero attached hydrogens (tertiary/aromatic N) is 1. The van der Waals surface area contributed by atoms with Crippen LogP contribution < -0.4 is 30.6 Å². The van der Waals surface area contributed by atoms with Crippen LogP contribution in [-0.2, 0) is 9.53 Å². The van der Waals surface area contributed by atoms with Crippen molar-refractivity contribution in [2.45, 2.75) is 50.7 Å². The number of hydrogen-bond acceptors (Lipinski definition) is 8. The van der Waals surface area contributed by atoms with Crippen LogP contribution in [0.15, 0.2) is 79.0 Å². The molecule has 0 radical (unpaired) electrons. The van der Waals surface area contributed by atoms with Crippen molar-refractivity contribution in [3.05, 3.63) is 79.0 Å². The number of carbonyl (C=O) groups is 2. The molecule has 43 heavy (non-hydrogen) atoms. The molecule has 1 saturated carbocycles. The number of hydrogen-bond donors (Lipinski definition) is 3. The number of fused-ring (bicyclic) bond motifs is 1. The van der Waals surface area contributed by atoms with Crippen LogP contribution in [0.5, 0.6) is 23.0 Å². The summed E-state index contributed by atoms with van der Waals surface area (Å²) in [5, 5.41) is 6.33. The second-order valence-electron chi connectivity index (χ2n) is 10.3. The van der Waals surface area contributed by atoms with Gasteiger partial charge >= 0.3 is 12.0 Å². The topological polar surface area (TPSA) is 134 Å². The molecule has 0 bridgehead atoms. The van der Waals surface area contributed by atoms with Crippen molar-refractivity contribution in [3.8, 4) is 23.0 Å². The third-order valence-electron chi connectivity index (χ3n) is 7.16. The first-order valence-electron chi connectivity index (χ1n) is 14.4. The minimum absolute atomic E-state index is 0.00721. The number of urea groups is 1. The molecule has 4 N–H and O–H groups in total. The molecule has 1 unspecified atom stereocenters. The van der Waals surface area contributed by atoms with E-state index in [0.29, 0.717) is 59.3 Å². The summed E-state index contributed by atoms with van der Waals surface area (Å²) in [6.07, 6.45) is 6.74. The molecular formula is C33H36N4O6. The van der Waals surface area contributed by atoms with E-state index in [2.05, 4.69) is 15.6 Å². The summed E-state index contributed by atoms with van der Waals surface area (Å²) in [7, 11) is 1.57. The van der Waals surface area contributed by atoms with Crippen LogP contribution in [-0.4, -0.2) is 42.8 Å². The first kappa shape index (κ1) is 29.7. The molecule has 1 heterocycles. The van der Waals surface area contributed by atoms with Crippen LogP contribution in [0.25, 0.3) is 10.9 Å². The monoisotopic (exact) mass is 584 g/mol. The van der Waals surface area contributed by atoms with Crippen molar-refractivity contribution in [2.24, 2.45) is 5.73 Å². The number of pyridine rings is 1. The van der Waals surface area contributed by atoms with Crippen LogP contribution in [0.3, 0.4) is 0 Å². The van der Waals surface area contributed by atoms with E-state index in [1.54, 1.807) is 49.7 Å². The van der Waals surface area contributed by atoms with Crippen LogP contribution in [0.4, 0.5) is 16.2 Å². The van der Waals surface area contributed by atoms with E-state index in [4.69, 9.17) is 24.7 Å². The Morgan fingerprint density at radius 3 is 2.37 bits per heavy atom. The van der Waals surface area contributed by atoms with Gasteiger partial charge in [0, 0.05) is 29.0 Å². The fourth-order valence-electron chi connectivity index (χ4n) is 4.90. The largest absolute Gasteiger partial charge is 0.493 e. The molecule has 5 rings (SSSR count). The average Bonchev–Trinajstić information content (AvgIpc) is 3.53. The summed E-state index contributed by atoms with van der Waals surface area (Å²) in [5.41, 5.74) is 8.03. The second-order valence-corrected chi connectivity index (χ2v) is 10.3. The number of nitrogens with two attached hydrogens (primary N) is 1. The van der Waals surface area contributed by atoms with Crippen LogP contribution >= 0.6 is 0 Å². The van der Waals surface area contributed by atoms with E-state index in [9.17, 15) is 9.59 Å². The molecule has 224 valence electrons. The van der Waals surface area contributed by atoms with E-state index in [0.717, 1.165) is 31.1 Å². The summed E-state index contributed by atoms with van der Waals surface area (Å²) in [6.45, 7) is 0.353. The number of benzene rings is 3. The van der Waals surface area contributed by atoms with Gasteiger partial charge in [0.05, 0.1) is 19.2 Å². The highest BCUT2D eigenvalue weighted by Gasteiger charge is 2.23. The number of anilines is 2. The Morgan fingerprint density at radius 2 is 1.65 bits per heavy atom. The highest BCUT2D eigenvalue weighted by atomic mass is 16.5. The van der Waals surface area contributed by atoms with Gasteiger partial charge < -0.3 is 35.3 Å². The Morgan fingerprint density at radius 1 is 0.930 bits per heavy atom. The fourth-order valence-corrected chi connectivity index (χ4v) is 4.90. The maximum absolute atomic E-state index is 12.3. The van der Waals surface area contributed by atoms with E-state index in [1.165, 1.54) is 0 Å². The molecule has 1 aliphatic rings. The van der Waals surface area contributed by atoms with Gasteiger partial charge in [0.2, 0.25) is 0 Å². The van der Waals surface area contributed by atoms with Gasteiger partial charge in [0.1, 0.15) is 23.6 Å². The van der Waals surface area contributed by atoms with Gasteiger partial charge in [0.25, 0.3) is 0 Å². The lowest BCUT2D eigenvalue weighted by Crippen LogP contribution is -2.34. The summed E-state index contributed by atoms with van der Waals surface area (Å²) >= 11 is 0. The van der Waals surface area contributed by atoms with Gasteiger partial charge in [-0.25, -0.2) is 4.79 Å². The number of nitrogens with one attached hydrogen (secondary N) is 2. The zero-order chi connectivity index (χ0) is 30.0. The first-order chi connectivity index (χ1) is 21.0. The van der Waals surface area contributed by atoms with Crippen molar-refractivity contribution < 1.29 is 28.5 Å². The summed E-state index contributed by atoms with van der Waals surface area (Å²) in [6, 6.07) is 20.7. The maximum Gasteiger partial charge on any atom is 0.323 e. The van der Waals surface area contributed by atoms with Gasteiger partial charge in [-0.15, -0.1) is 0 Å². The summed E-state index contributed by atoms with van der Waals surface area (Å²) < 4.78 is 23.2. The number of aromatic nitrogens is 1. The molecule has 4 aromatic rings. The number of ether oxygens (including phenoxy) is 4. The molecule has 3 aromatic carbocycles. The predicted octanol–water partition coefficient (Wildman–Crippen LogP) is 6.65. The van der Waals surface area contributed by atoms with Crippen molar-refractivity contribution in [1.29, 1.82) is 0 Å². The Balaban J connectivity index is 1.17. The SMILES string of the molecule is COc1cc2c(Oc3ccc(NC(=O)Nc4ccccc4)cc3)ccnc2cc1OCCCC(N)C(=O)OC1CCCC1. The molecule has 1 fully saturated rings. The minimum Gasteiger partial charge on any atom is -0.493 e. The molecule has 0 spiro atoms. The quantitative estimate of drug-likeness (QED) is 0.124. The number of para-hydroxylation sites is 1. The van der Waals surface area contributed by atoms with E-state index >= 15 is 0 Å². The highest BCUT2D eigenvalue weighted by molar-refractivity contribution is 5.99. The maximum atomic E-state index is 12.3. The molecule has 1 aromatic heterocycles. The van der Waals surface area contributed by atoms with Gasteiger partial charge in [-0.05, 0) is 87.1 Å². The van der Waals surface area contributed by atoms with Crippen LogP contribution in [0.2, 0.25) is 0 Å². The van der Waals surface area contributed by atoms with Crippen molar-refractivity contribution in [2.75, 3.05) is 24.4 Å². The van der Waals surface area contributed by atoms with E-state index in [1.807, 2.05) is 36.4 Å². The Hall–Kier alpha value is -4.83. The van der Waals surface area contributed by atoms with Crippen LogP contribution in [0, 0.1) is 0 Å². The molecule has 2 amide bonds. The standard InChI is InChI=1S/C33H36N4O6/c1-40-30-20-26-28(21-31(30)41-19-7-12-27(34)32(38)43-24-10-5-6-11-24)35-18-17-29(26)42-25-15-13-23(14-16-25)37-33(39)36-22-8-3-2-4-9-22/h2-4,8-9,13-18,20-21,24,27H,5-7,10-12,19,34H2,1H3,(H2,36,37,39). The van der Waals surface area contributed by atoms with Crippen molar-refractivity contribution >= 4 is 34.3 Å². The third-order valence-corrected chi connectivity index (χ3v) is 7.16. The molecular weight excluding hydrogens is 548 g/mol. The third kappa shape index (κ3) is 8.14. The van der Waals surface area contributed by atoms with Gasteiger partial charge in [0.15, 0.2) is 11.5 Å². The summed E-state index contributed by atoms with van der Waals surface area (Å²) in [4.78, 5) is 29.0. The number of methoxy groups -OCH3 is 1. The Kier molecular flexibility index (Phi) is 9.91. The predicted molar refractivity (Wildman–Crippen MR) is 165 cm³/mol. The van der Waals surface area contributed by atoms with E-state index in [-0.39, 0.29) is 18.1 Å². The molecule has 1 aliphatic carbocycles. The normalized spacial score (nSPS) is 13.7. The van der Waals surface area contributed by atoms with Crippen molar-refractivity contribution in [1.82, 2.24) is 4.98 Å². The molecule has 0 aliphatic heterocycles. The molecule has 10 heteroatoms. The lowest BCUT2D eigenvalue weighted by Gasteiger charge is -2.16. The molecule has 0 saturated heterocycles. The van der Waals surface area contributed by atoms with Gasteiger partial charge in [-0.1, -0.05) is 18.2 Å². The smallest absolute Gasteiger partial charge is 0.323 e. The lowest BCUT2D eigenvalue weighted by molar-refractivity contribution is -0.150.